The summed E-state index contributed by atoms with van der Waals surface area (Å²) in [5.74, 6) is 0. The van der Waals surface area contributed by atoms with Crippen LogP contribution in [-0.2, 0) is 9.84 Å². The third kappa shape index (κ3) is 3.80. The standard InChI is InChI=1S/C16H22N2O2S/c1-4-9-18-16(12(2)21(3,19)20)14-7-8-15-13(11-14)6-5-10-17-15/h5-8,10-12,16,18H,4,9H2,1-3H3. The molecule has 0 amide bonds. The summed E-state index contributed by atoms with van der Waals surface area (Å²) in [6.07, 6.45) is 4.01. The van der Waals surface area contributed by atoms with Crippen LogP contribution in [0.25, 0.3) is 10.9 Å². The fraction of sp³-hybridized carbons (Fsp3) is 0.438. The van der Waals surface area contributed by atoms with Crippen molar-refractivity contribution in [3.63, 3.8) is 0 Å². The first kappa shape index (κ1) is 15.9. The highest BCUT2D eigenvalue weighted by molar-refractivity contribution is 7.91. The zero-order valence-corrected chi connectivity index (χ0v) is 13.5. The van der Waals surface area contributed by atoms with E-state index in [1.165, 1.54) is 6.26 Å². The number of hydrogen-bond acceptors (Lipinski definition) is 4. The second-order valence-electron chi connectivity index (χ2n) is 5.42. The summed E-state index contributed by atoms with van der Waals surface area (Å²) in [5, 5.41) is 3.91. The van der Waals surface area contributed by atoms with Crippen LogP contribution < -0.4 is 5.32 Å². The van der Waals surface area contributed by atoms with Crippen molar-refractivity contribution >= 4 is 20.7 Å². The lowest BCUT2D eigenvalue weighted by Crippen LogP contribution is -2.35. The van der Waals surface area contributed by atoms with E-state index in [2.05, 4.69) is 17.2 Å². The number of sulfone groups is 1. The zero-order chi connectivity index (χ0) is 15.5. The van der Waals surface area contributed by atoms with Gasteiger partial charge in [-0.05, 0) is 43.7 Å². The second kappa shape index (κ2) is 6.54. The lowest BCUT2D eigenvalue weighted by Gasteiger charge is -2.24. The molecule has 1 N–H and O–H groups in total. The van der Waals surface area contributed by atoms with Crippen LogP contribution in [0.5, 0.6) is 0 Å². The Balaban J connectivity index is 2.42. The number of nitrogens with zero attached hydrogens (tertiary/aromatic N) is 1. The van der Waals surface area contributed by atoms with Gasteiger partial charge in [-0.3, -0.25) is 4.98 Å². The molecule has 0 radical (unpaired) electrons. The number of fused-ring (bicyclic) bond motifs is 1. The average Bonchev–Trinajstić information content (AvgIpc) is 2.46. The molecule has 5 heteroatoms. The largest absolute Gasteiger partial charge is 0.309 e. The number of aromatic nitrogens is 1. The molecule has 114 valence electrons. The van der Waals surface area contributed by atoms with Crippen molar-refractivity contribution in [3.05, 3.63) is 42.1 Å². The summed E-state index contributed by atoms with van der Waals surface area (Å²) in [5.41, 5.74) is 1.91. The molecule has 0 fully saturated rings. The topological polar surface area (TPSA) is 59.1 Å². The van der Waals surface area contributed by atoms with E-state index in [9.17, 15) is 8.42 Å². The maximum absolute atomic E-state index is 11.9. The lowest BCUT2D eigenvalue weighted by atomic mass is 10.0. The predicted octanol–water partition coefficient (Wildman–Crippen LogP) is 2.71. The molecule has 1 aromatic heterocycles. The van der Waals surface area contributed by atoms with Crippen LogP contribution in [0.4, 0.5) is 0 Å². The Morgan fingerprint density at radius 3 is 2.71 bits per heavy atom. The lowest BCUT2D eigenvalue weighted by molar-refractivity contribution is 0.500. The molecule has 0 saturated carbocycles. The van der Waals surface area contributed by atoms with Crippen LogP contribution in [0, 0.1) is 0 Å². The first-order valence-corrected chi connectivity index (χ1v) is 9.16. The molecule has 1 heterocycles. The molecule has 2 aromatic rings. The summed E-state index contributed by atoms with van der Waals surface area (Å²) in [6.45, 7) is 4.62. The van der Waals surface area contributed by atoms with Gasteiger partial charge in [0.25, 0.3) is 0 Å². The minimum absolute atomic E-state index is 0.204. The first-order valence-electron chi connectivity index (χ1n) is 7.20. The van der Waals surface area contributed by atoms with Crippen molar-refractivity contribution < 1.29 is 8.42 Å². The van der Waals surface area contributed by atoms with E-state index >= 15 is 0 Å². The van der Waals surface area contributed by atoms with Gasteiger partial charge >= 0.3 is 0 Å². The number of benzene rings is 1. The van der Waals surface area contributed by atoms with E-state index in [-0.39, 0.29) is 6.04 Å². The number of nitrogens with one attached hydrogen (secondary N) is 1. The van der Waals surface area contributed by atoms with Gasteiger partial charge in [-0.1, -0.05) is 19.1 Å². The Labute approximate surface area is 126 Å². The molecule has 1 aromatic carbocycles. The third-order valence-corrected chi connectivity index (χ3v) is 5.37. The molecular weight excluding hydrogens is 284 g/mol. The molecule has 0 aliphatic heterocycles. The van der Waals surface area contributed by atoms with E-state index in [0.29, 0.717) is 0 Å². The Kier molecular flexibility index (Phi) is 4.96. The Bertz CT molecular complexity index is 713. The molecule has 2 unspecified atom stereocenters. The normalized spacial score (nSPS) is 15.0. The highest BCUT2D eigenvalue weighted by atomic mass is 32.2. The first-order chi connectivity index (χ1) is 9.93. The van der Waals surface area contributed by atoms with E-state index in [1.807, 2.05) is 30.3 Å². The van der Waals surface area contributed by atoms with E-state index in [4.69, 9.17) is 0 Å². The van der Waals surface area contributed by atoms with Gasteiger partial charge in [0, 0.05) is 23.9 Å². The highest BCUT2D eigenvalue weighted by Crippen LogP contribution is 2.25. The SMILES string of the molecule is CCCNC(c1ccc2ncccc2c1)C(C)S(C)(=O)=O. The Morgan fingerprint density at radius 2 is 2.05 bits per heavy atom. The number of pyridine rings is 1. The summed E-state index contributed by atoms with van der Waals surface area (Å²) in [4.78, 5) is 4.30. The monoisotopic (exact) mass is 306 g/mol. The molecule has 21 heavy (non-hydrogen) atoms. The van der Waals surface area contributed by atoms with Gasteiger partial charge in [0.2, 0.25) is 0 Å². The zero-order valence-electron chi connectivity index (χ0n) is 12.7. The molecule has 0 saturated heterocycles. The van der Waals surface area contributed by atoms with Crippen molar-refractivity contribution in [2.75, 3.05) is 12.8 Å². The minimum atomic E-state index is -3.11. The van der Waals surface area contributed by atoms with Gasteiger partial charge in [-0.25, -0.2) is 8.42 Å². The molecule has 2 atom stereocenters. The minimum Gasteiger partial charge on any atom is -0.309 e. The van der Waals surface area contributed by atoms with Gasteiger partial charge in [0.1, 0.15) is 0 Å². The highest BCUT2D eigenvalue weighted by Gasteiger charge is 2.26. The van der Waals surface area contributed by atoms with Gasteiger partial charge in [-0.15, -0.1) is 0 Å². The van der Waals surface area contributed by atoms with Crippen LogP contribution in [0.3, 0.4) is 0 Å². The number of rotatable bonds is 6. The summed E-state index contributed by atoms with van der Waals surface area (Å²) in [7, 11) is -3.11. The summed E-state index contributed by atoms with van der Waals surface area (Å²) < 4.78 is 23.8. The Hall–Kier alpha value is -1.46. The van der Waals surface area contributed by atoms with Gasteiger partial charge < -0.3 is 5.32 Å². The molecule has 2 rings (SSSR count). The van der Waals surface area contributed by atoms with Crippen molar-refractivity contribution in [1.82, 2.24) is 10.3 Å². The molecule has 0 aliphatic carbocycles. The van der Waals surface area contributed by atoms with Crippen LogP contribution in [0.1, 0.15) is 31.9 Å². The average molecular weight is 306 g/mol. The van der Waals surface area contributed by atoms with Gasteiger partial charge in [0.15, 0.2) is 9.84 Å². The van der Waals surface area contributed by atoms with Crippen molar-refractivity contribution in [1.29, 1.82) is 0 Å². The van der Waals surface area contributed by atoms with Crippen LogP contribution in [0.15, 0.2) is 36.5 Å². The molecule has 0 aliphatic rings. The maximum atomic E-state index is 11.9. The predicted molar refractivity (Wildman–Crippen MR) is 87.1 cm³/mol. The Morgan fingerprint density at radius 1 is 1.29 bits per heavy atom. The molecular formula is C16H22N2O2S. The number of hydrogen-bond donors (Lipinski definition) is 1. The second-order valence-corrected chi connectivity index (χ2v) is 7.82. The van der Waals surface area contributed by atoms with Crippen LogP contribution in [-0.4, -0.2) is 31.5 Å². The van der Waals surface area contributed by atoms with Crippen LogP contribution >= 0.6 is 0 Å². The summed E-state index contributed by atoms with van der Waals surface area (Å²) >= 11 is 0. The smallest absolute Gasteiger partial charge is 0.151 e. The fourth-order valence-corrected chi connectivity index (χ4v) is 3.14. The quantitative estimate of drug-likeness (QED) is 0.891. The van der Waals surface area contributed by atoms with Gasteiger partial charge in [0.05, 0.1) is 10.8 Å². The van der Waals surface area contributed by atoms with Crippen LogP contribution in [0.2, 0.25) is 0 Å². The van der Waals surface area contributed by atoms with E-state index in [1.54, 1.807) is 13.1 Å². The maximum Gasteiger partial charge on any atom is 0.151 e. The van der Waals surface area contributed by atoms with Gasteiger partial charge in [-0.2, -0.15) is 0 Å². The molecule has 0 spiro atoms. The molecule has 0 bridgehead atoms. The molecule has 4 nitrogen and oxygen atoms in total. The van der Waals surface area contributed by atoms with Crippen molar-refractivity contribution in [2.24, 2.45) is 0 Å². The van der Waals surface area contributed by atoms with E-state index in [0.717, 1.165) is 29.4 Å². The van der Waals surface area contributed by atoms with E-state index < -0.39 is 15.1 Å². The summed E-state index contributed by atoms with van der Waals surface area (Å²) in [6, 6.07) is 9.61. The van der Waals surface area contributed by atoms with Crippen molar-refractivity contribution in [3.8, 4) is 0 Å². The fourth-order valence-electron chi connectivity index (χ4n) is 2.39. The van der Waals surface area contributed by atoms with Crippen molar-refractivity contribution in [2.45, 2.75) is 31.6 Å². The third-order valence-electron chi connectivity index (χ3n) is 3.75.